The Kier molecular flexibility index (Phi) is 2.38. The molecule has 0 aliphatic rings. The van der Waals surface area contributed by atoms with Crippen molar-refractivity contribution in [2.24, 2.45) is 0 Å². The number of hydrogen-bond donors (Lipinski definition) is 2. The number of pyridine rings is 1. The summed E-state index contributed by atoms with van der Waals surface area (Å²) >= 11 is 0. The van der Waals surface area contributed by atoms with E-state index < -0.39 is 0 Å². The summed E-state index contributed by atoms with van der Waals surface area (Å²) in [6, 6.07) is 1.74. The van der Waals surface area contributed by atoms with Gasteiger partial charge in [0.05, 0.1) is 12.2 Å². The molecule has 1 aromatic rings. The zero-order chi connectivity index (χ0) is 9.14. The van der Waals surface area contributed by atoms with Gasteiger partial charge in [0.1, 0.15) is 6.20 Å². The van der Waals surface area contributed by atoms with E-state index >= 15 is 0 Å². The monoisotopic (exact) mass is 167 g/mol. The van der Waals surface area contributed by atoms with Crippen molar-refractivity contribution in [3.05, 3.63) is 23.0 Å². The van der Waals surface area contributed by atoms with E-state index in [1.807, 2.05) is 13.8 Å². The molecule has 3 N–H and O–H groups in total. The van der Waals surface area contributed by atoms with Gasteiger partial charge in [0.2, 0.25) is 0 Å². The summed E-state index contributed by atoms with van der Waals surface area (Å²) in [4.78, 5) is 0. The minimum atomic E-state index is 0.520. The molecule has 1 aromatic heterocycles. The molecule has 0 atom stereocenters. The Hall–Kier alpha value is -1.45. The van der Waals surface area contributed by atoms with E-state index in [0.29, 0.717) is 11.5 Å². The number of rotatable bonds is 2. The maximum Gasteiger partial charge on any atom is 0.277 e. The van der Waals surface area contributed by atoms with Gasteiger partial charge in [-0.1, -0.05) is 0 Å². The normalized spacial score (nSPS) is 9.83. The Morgan fingerprint density at radius 2 is 2.33 bits per heavy atom. The zero-order valence-corrected chi connectivity index (χ0v) is 7.29. The van der Waals surface area contributed by atoms with Crippen LogP contribution in [-0.4, -0.2) is 6.54 Å². The highest BCUT2D eigenvalue weighted by Crippen LogP contribution is 2.10. The average Bonchev–Trinajstić information content (AvgIpc) is 2.01. The number of aromatic nitrogens is 1. The molecular formula is C8H13N3O. The Labute approximate surface area is 71.6 Å². The molecule has 66 valence electrons. The molecule has 0 fully saturated rings. The second kappa shape index (κ2) is 3.30. The van der Waals surface area contributed by atoms with E-state index in [2.05, 4.69) is 5.32 Å². The molecule has 0 aliphatic heterocycles. The van der Waals surface area contributed by atoms with E-state index in [4.69, 9.17) is 5.73 Å². The van der Waals surface area contributed by atoms with E-state index in [1.165, 1.54) is 6.20 Å². The molecule has 0 saturated carbocycles. The van der Waals surface area contributed by atoms with Crippen molar-refractivity contribution in [2.45, 2.75) is 13.8 Å². The van der Waals surface area contributed by atoms with E-state index in [0.717, 1.165) is 16.8 Å². The van der Waals surface area contributed by atoms with E-state index in [-0.39, 0.29) is 0 Å². The summed E-state index contributed by atoms with van der Waals surface area (Å²) in [7, 11) is 0. The van der Waals surface area contributed by atoms with Gasteiger partial charge in [-0.25, -0.2) is 4.73 Å². The first-order chi connectivity index (χ1) is 5.65. The van der Waals surface area contributed by atoms with Gasteiger partial charge < -0.3 is 10.9 Å². The molecule has 4 nitrogen and oxygen atoms in total. The molecule has 0 unspecified atom stereocenters. The van der Waals surface area contributed by atoms with Gasteiger partial charge in [-0.3, -0.25) is 5.32 Å². The highest BCUT2D eigenvalue weighted by molar-refractivity contribution is 5.47. The summed E-state index contributed by atoms with van der Waals surface area (Å²) < 4.78 is 0.742. The number of aryl methyl sites for hydroxylation is 1. The second-order valence-electron chi connectivity index (χ2n) is 2.65. The van der Waals surface area contributed by atoms with Crippen molar-refractivity contribution in [1.29, 1.82) is 0 Å². The number of nitrogen functional groups attached to an aromatic ring is 1. The molecule has 0 radical (unpaired) electrons. The van der Waals surface area contributed by atoms with Crippen molar-refractivity contribution in [1.82, 2.24) is 0 Å². The summed E-state index contributed by atoms with van der Waals surface area (Å²) in [5.41, 5.74) is 6.97. The van der Waals surface area contributed by atoms with Gasteiger partial charge in [-0.15, -0.1) is 0 Å². The zero-order valence-electron chi connectivity index (χ0n) is 7.29. The van der Waals surface area contributed by atoms with Crippen LogP contribution in [0.2, 0.25) is 0 Å². The van der Waals surface area contributed by atoms with Crippen molar-refractivity contribution in [3.63, 3.8) is 0 Å². The molecule has 4 heteroatoms. The molecule has 0 aliphatic carbocycles. The minimum absolute atomic E-state index is 0.520. The lowest BCUT2D eigenvalue weighted by atomic mass is 10.2. The van der Waals surface area contributed by atoms with Crippen LogP contribution in [-0.2, 0) is 0 Å². The Bertz CT molecular complexity index is 286. The third kappa shape index (κ3) is 1.58. The van der Waals surface area contributed by atoms with Crippen molar-refractivity contribution < 1.29 is 4.73 Å². The second-order valence-corrected chi connectivity index (χ2v) is 2.65. The SMILES string of the molecule is CCNc1cc(C)c(N)c[n+]1[O-]. The van der Waals surface area contributed by atoms with Crippen LogP contribution in [0.5, 0.6) is 0 Å². The first kappa shape index (κ1) is 8.64. The molecule has 12 heavy (non-hydrogen) atoms. The summed E-state index contributed by atoms with van der Waals surface area (Å²) in [5.74, 6) is 0.546. The molecular weight excluding hydrogens is 154 g/mol. The van der Waals surface area contributed by atoms with E-state index in [9.17, 15) is 5.21 Å². The third-order valence-corrected chi connectivity index (χ3v) is 1.66. The number of anilines is 2. The molecule has 0 saturated heterocycles. The standard InChI is InChI=1S/C8H13N3O/c1-3-10-8-4-6(2)7(9)5-11(8)12/h4-5,10H,3,9H2,1-2H3. The molecule has 0 spiro atoms. The summed E-state index contributed by atoms with van der Waals surface area (Å²) in [6.07, 6.45) is 1.37. The average molecular weight is 167 g/mol. The summed E-state index contributed by atoms with van der Waals surface area (Å²) in [5, 5.41) is 14.1. The van der Waals surface area contributed by atoms with Gasteiger partial charge in [0.15, 0.2) is 0 Å². The lowest BCUT2D eigenvalue weighted by Crippen LogP contribution is -2.31. The quantitative estimate of drug-likeness (QED) is 0.502. The van der Waals surface area contributed by atoms with Gasteiger partial charge in [-0.2, -0.15) is 0 Å². The lowest BCUT2D eigenvalue weighted by molar-refractivity contribution is -0.589. The Balaban J connectivity index is 3.05. The summed E-state index contributed by atoms with van der Waals surface area (Å²) in [6.45, 7) is 4.54. The van der Waals surface area contributed by atoms with Crippen molar-refractivity contribution >= 4 is 11.5 Å². The molecule has 0 bridgehead atoms. The fourth-order valence-electron chi connectivity index (χ4n) is 0.960. The third-order valence-electron chi connectivity index (χ3n) is 1.66. The number of nitrogens with two attached hydrogens (primary N) is 1. The van der Waals surface area contributed by atoms with Crippen LogP contribution in [0.25, 0.3) is 0 Å². The molecule has 1 rings (SSSR count). The van der Waals surface area contributed by atoms with Crippen LogP contribution in [0.3, 0.4) is 0 Å². The van der Waals surface area contributed by atoms with Crippen LogP contribution in [0.1, 0.15) is 12.5 Å². The molecule has 1 heterocycles. The minimum Gasteiger partial charge on any atom is -0.711 e. The van der Waals surface area contributed by atoms with Gasteiger partial charge in [0, 0.05) is 6.07 Å². The van der Waals surface area contributed by atoms with Crippen LogP contribution >= 0.6 is 0 Å². The van der Waals surface area contributed by atoms with Crippen molar-refractivity contribution in [3.8, 4) is 0 Å². The molecule has 0 aromatic carbocycles. The largest absolute Gasteiger partial charge is 0.711 e. The van der Waals surface area contributed by atoms with Crippen LogP contribution in [0.4, 0.5) is 11.5 Å². The number of hydrogen-bond acceptors (Lipinski definition) is 3. The fraction of sp³-hybridized carbons (Fsp3) is 0.375. The topological polar surface area (TPSA) is 65.0 Å². The van der Waals surface area contributed by atoms with Crippen LogP contribution in [0, 0.1) is 12.1 Å². The predicted molar refractivity (Wildman–Crippen MR) is 48.7 cm³/mol. The number of nitrogens with one attached hydrogen (secondary N) is 1. The first-order valence-corrected chi connectivity index (χ1v) is 3.88. The maximum absolute atomic E-state index is 11.2. The lowest BCUT2D eigenvalue weighted by Gasteiger charge is -2.09. The van der Waals surface area contributed by atoms with Crippen LogP contribution in [0.15, 0.2) is 12.3 Å². The van der Waals surface area contributed by atoms with E-state index in [1.54, 1.807) is 6.07 Å². The van der Waals surface area contributed by atoms with Gasteiger partial charge >= 0.3 is 0 Å². The van der Waals surface area contributed by atoms with Crippen LogP contribution < -0.4 is 15.8 Å². The first-order valence-electron chi connectivity index (χ1n) is 3.88. The maximum atomic E-state index is 11.2. The molecule has 0 amide bonds. The fourth-order valence-corrected chi connectivity index (χ4v) is 0.960. The smallest absolute Gasteiger partial charge is 0.277 e. The highest BCUT2D eigenvalue weighted by Gasteiger charge is 2.04. The van der Waals surface area contributed by atoms with Crippen molar-refractivity contribution in [2.75, 3.05) is 17.6 Å². The van der Waals surface area contributed by atoms with Gasteiger partial charge in [0.25, 0.3) is 5.82 Å². The Morgan fingerprint density at radius 3 is 2.92 bits per heavy atom. The predicted octanol–water partition coefficient (Wildman–Crippen LogP) is 0.642. The van der Waals surface area contributed by atoms with Gasteiger partial charge in [-0.05, 0) is 19.4 Å². The number of nitrogens with zero attached hydrogens (tertiary/aromatic N) is 1. The Morgan fingerprint density at radius 1 is 1.67 bits per heavy atom. The highest BCUT2D eigenvalue weighted by atomic mass is 16.5.